The minimum Gasteiger partial charge on any atom is -0.497 e. The SMILES string of the molecule is COc1ccc(CO/N=C(/C#N)C(N)=O)cc1. The zero-order chi connectivity index (χ0) is 12.7. The molecule has 17 heavy (non-hydrogen) atoms. The highest BCUT2D eigenvalue weighted by Crippen LogP contribution is 2.11. The summed E-state index contributed by atoms with van der Waals surface area (Å²) in [5, 5.41) is 11.8. The average molecular weight is 233 g/mol. The van der Waals surface area contributed by atoms with Crippen LogP contribution in [0.1, 0.15) is 5.56 Å². The maximum absolute atomic E-state index is 10.6. The number of amides is 1. The zero-order valence-corrected chi connectivity index (χ0v) is 9.21. The highest BCUT2D eigenvalue weighted by Gasteiger charge is 2.05. The molecule has 0 aliphatic heterocycles. The van der Waals surface area contributed by atoms with E-state index in [1.54, 1.807) is 31.4 Å². The summed E-state index contributed by atoms with van der Waals surface area (Å²) in [6.07, 6.45) is 0. The van der Waals surface area contributed by atoms with E-state index in [1.807, 2.05) is 0 Å². The third kappa shape index (κ3) is 3.83. The van der Waals surface area contributed by atoms with Crippen molar-refractivity contribution in [1.29, 1.82) is 5.26 Å². The lowest BCUT2D eigenvalue weighted by Gasteiger charge is -2.02. The number of hydrogen-bond donors (Lipinski definition) is 1. The van der Waals surface area contributed by atoms with Crippen molar-refractivity contribution in [2.24, 2.45) is 10.9 Å². The van der Waals surface area contributed by atoms with E-state index >= 15 is 0 Å². The van der Waals surface area contributed by atoms with Gasteiger partial charge in [0.05, 0.1) is 7.11 Å². The van der Waals surface area contributed by atoms with Gasteiger partial charge in [-0.25, -0.2) is 0 Å². The maximum atomic E-state index is 10.6. The molecule has 0 heterocycles. The summed E-state index contributed by atoms with van der Waals surface area (Å²) in [6, 6.07) is 8.63. The number of carbonyl (C=O) groups is 1. The number of nitriles is 1. The van der Waals surface area contributed by atoms with E-state index in [4.69, 9.17) is 20.6 Å². The normalized spacial score (nSPS) is 10.5. The quantitative estimate of drug-likeness (QED) is 0.594. The molecule has 88 valence electrons. The van der Waals surface area contributed by atoms with Crippen LogP contribution in [-0.4, -0.2) is 18.7 Å². The van der Waals surface area contributed by atoms with Crippen LogP contribution < -0.4 is 10.5 Å². The largest absolute Gasteiger partial charge is 0.497 e. The molecule has 0 radical (unpaired) electrons. The Kier molecular flexibility index (Phi) is 4.51. The lowest BCUT2D eigenvalue weighted by atomic mass is 10.2. The molecular weight excluding hydrogens is 222 g/mol. The molecule has 0 bridgehead atoms. The molecule has 0 aromatic heterocycles. The van der Waals surface area contributed by atoms with Crippen molar-refractivity contribution in [3.05, 3.63) is 29.8 Å². The van der Waals surface area contributed by atoms with Crippen molar-refractivity contribution in [1.82, 2.24) is 0 Å². The molecule has 0 aliphatic carbocycles. The molecule has 0 unspecified atom stereocenters. The number of rotatable bonds is 5. The van der Waals surface area contributed by atoms with Crippen LogP contribution in [-0.2, 0) is 16.2 Å². The van der Waals surface area contributed by atoms with E-state index in [1.165, 1.54) is 6.07 Å². The van der Waals surface area contributed by atoms with Crippen molar-refractivity contribution in [3.8, 4) is 11.8 Å². The highest BCUT2D eigenvalue weighted by molar-refractivity contribution is 6.44. The van der Waals surface area contributed by atoms with E-state index in [0.717, 1.165) is 11.3 Å². The number of hydrogen-bond acceptors (Lipinski definition) is 5. The Labute approximate surface area is 98.2 Å². The van der Waals surface area contributed by atoms with Gasteiger partial charge in [0.15, 0.2) is 0 Å². The van der Waals surface area contributed by atoms with Gasteiger partial charge in [-0.15, -0.1) is 0 Å². The Bertz CT molecular complexity index is 460. The molecule has 1 rings (SSSR count). The summed E-state index contributed by atoms with van der Waals surface area (Å²) in [5.74, 6) is -0.186. The second-order valence-corrected chi connectivity index (χ2v) is 3.04. The van der Waals surface area contributed by atoms with Crippen LogP contribution in [0.3, 0.4) is 0 Å². The number of oxime groups is 1. The Morgan fingerprint density at radius 3 is 2.59 bits per heavy atom. The van der Waals surface area contributed by atoms with Gasteiger partial charge in [-0.2, -0.15) is 5.26 Å². The third-order valence-corrected chi connectivity index (χ3v) is 1.89. The number of benzene rings is 1. The Morgan fingerprint density at radius 2 is 2.12 bits per heavy atom. The molecule has 6 heteroatoms. The van der Waals surface area contributed by atoms with Crippen LogP contribution in [0.25, 0.3) is 0 Å². The molecule has 2 N–H and O–H groups in total. The second kappa shape index (κ2) is 6.12. The molecular formula is C11H11N3O3. The first-order valence-corrected chi connectivity index (χ1v) is 4.70. The number of nitrogens with two attached hydrogens (primary N) is 1. The van der Waals surface area contributed by atoms with Crippen LogP contribution in [0.5, 0.6) is 5.75 Å². The second-order valence-electron chi connectivity index (χ2n) is 3.04. The highest BCUT2D eigenvalue weighted by atomic mass is 16.6. The van der Waals surface area contributed by atoms with Gasteiger partial charge in [0.25, 0.3) is 5.91 Å². The summed E-state index contributed by atoms with van der Waals surface area (Å²) in [5.41, 5.74) is 5.25. The van der Waals surface area contributed by atoms with E-state index in [9.17, 15) is 4.79 Å². The number of methoxy groups -OCH3 is 1. The summed E-state index contributed by atoms with van der Waals surface area (Å²) in [7, 11) is 1.57. The molecule has 0 saturated heterocycles. The molecule has 1 amide bonds. The van der Waals surface area contributed by atoms with Crippen LogP contribution in [0.2, 0.25) is 0 Å². The van der Waals surface area contributed by atoms with Crippen molar-refractivity contribution in [2.75, 3.05) is 7.11 Å². The van der Waals surface area contributed by atoms with Crippen LogP contribution in [0, 0.1) is 11.3 Å². The van der Waals surface area contributed by atoms with Gasteiger partial charge < -0.3 is 15.3 Å². The first kappa shape index (κ1) is 12.5. The molecule has 0 fully saturated rings. The molecule has 6 nitrogen and oxygen atoms in total. The molecule has 0 atom stereocenters. The van der Waals surface area contributed by atoms with Crippen LogP contribution in [0.4, 0.5) is 0 Å². The van der Waals surface area contributed by atoms with E-state index in [0.29, 0.717) is 0 Å². The first-order valence-electron chi connectivity index (χ1n) is 4.70. The van der Waals surface area contributed by atoms with E-state index in [2.05, 4.69) is 5.16 Å². The minimum absolute atomic E-state index is 0.141. The lowest BCUT2D eigenvalue weighted by molar-refractivity contribution is -0.112. The molecule has 0 aliphatic rings. The molecule has 1 aromatic rings. The fraction of sp³-hybridized carbons (Fsp3) is 0.182. The van der Waals surface area contributed by atoms with Crippen molar-refractivity contribution in [3.63, 3.8) is 0 Å². The predicted molar refractivity (Wildman–Crippen MR) is 60.0 cm³/mol. The van der Waals surface area contributed by atoms with Gasteiger partial charge in [-0.1, -0.05) is 17.3 Å². The maximum Gasteiger partial charge on any atom is 0.281 e. The molecule has 0 spiro atoms. The summed E-state index contributed by atoms with van der Waals surface area (Å²) < 4.78 is 4.99. The number of ether oxygens (including phenoxy) is 1. The fourth-order valence-corrected chi connectivity index (χ4v) is 1.01. The third-order valence-electron chi connectivity index (χ3n) is 1.89. The predicted octanol–water partition coefficient (Wildman–Crippen LogP) is 0.577. The zero-order valence-electron chi connectivity index (χ0n) is 9.21. The van der Waals surface area contributed by atoms with Gasteiger partial charge in [0.1, 0.15) is 18.4 Å². The Morgan fingerprint density at radius 1 is 1.47 bits per heavy atom. The molecule has 1 aromatic carbocycles. The topological polar surface area (TPSA) is 97.7 Å². The first-order chi connectivity index (χ1) is 8.17. The standard InChI is InChI=1S/C11H11N3O3/c1-16-9-4-2-8(3-5-9)7-17-14-10(6-12)11(13)15/h2-5H,7H2,1H3,(H2,13,15)/b14-10-. The minimum atomic E-state index is -0.915. The number of carbonyl (C=O) groups excluding carboxylic acids is 1. The van der Waals surface area contributed by atoms with Gasteiger partial charge in [0, 0.05) is 0 Å². The van der Waals surface area contributed by atoms with Gasteiger partial charge in [-0.3, -0.25) is 4.79 Å². The van der Waals surface area contributed by atoms with E-state index < -0.39 is 11.6 Å². The fourth-order valence-electron chi connectivity index (χ4n) is 1.01. The number of nitrogens with zero attached hydrogens (tertiary/aromatic N) is 2. The van der Waals surface area contributed by atoms with Gasteiger partial charge in [0.2, 0.25) is 5.71 Å². The lowest BCUT2D eigenvalue weighted by Crippen LogP contribution is -2.21. The Balaban J connectivity index is 2.56. The van der Waals surface area contributed by atoms with Gasteiger partial charge in [-0.05, 0) is 17.7 Å². The van der Waals surface area contributed by atoms with Crippen molar-refractivity contribution < 1.29 is 14.4 Å². The Hall–Kier alpha value is -2.55. The summed E-state index contributed by atoms with van der Waals surface area (Å²) >= 11 is 0. The van der Waals surface area contributed by atoms with Crippen molar-refractivity contribution in [2.45, 2.75) is 6.61 Å². The number of primary amides is 1. The van der Waals surface area contributed by atoms with Crippen molar-refractivity contribution >= 4 is 11.6 Å². The summed E-state index contributed by atoms with van der Waals surface area (Å²) in [6.45, 7) is 0.141. The van der Waals surface area contributed by atoms with Gasteiger partial charge >= 0.3 is 0 Å². The average Bonchev–Trinajstić information content (AvgIpc) is 2.35. The summed E-state index contributed by atoms with van der Waals surface area (Å²) in [4.78, 5) is 15.5. The van der Waals surface area contributed by atoms with E-state index in [-0.39, 0.29) is 6.61 Å². The monoisotopic (exact) mass is 233 g/mol. The molecule has 0 saturated carbocycles. The smallest absolute Gasteiger partial charge is 0.281 e. The van der Waals surface area contributed by atoms with Crippen LogP contribution in [0.15, 0.2) is 29.4 Å². The van der Waals surface area contributed by atoms with Crippen LogP contribution >= 0.6 is 0 Å².